The molecule has 0 spiro atoms. The Morgan fingerprint density at radius 1 is 1.40 bits per heavy atom. The van der Waals surface area contributed by atoms with Crippen molar-refractivity contribution >= 4 is 16.8 Å². The van der Waals surface area contributed by atoms with E-state index in [4.69, 9.17) is 9.47 Å². The fourth-order valence-electron chi connectivity index (χ4n) is 3.25. The molecule has 25 heavy (non-hydrogen) atoms. The maximum Gasteiger partial charge on any atom is 0.252 e. The first-order chi connectivity index (χ1) is 11.8. The van der Waals surface area contributed by atoms with Gasteiger partial charge in [-0.25, -0.2) is 0 Å². The van der Waals surface area contributed by atoms with Crippen molar-refractivity contribution in [3.05, 3.63) is 36.0 Å². The summed E-state index contributed by atoms with van der Waals surface area (Å²) in [6, 6.07) is 7.43. The van der Waals surface area contributed by atoms with E-state index in [2.05, 4.69) is 23.7 Å². The molecule has 1 aromatic carbocycles. The molecular formula is C19H26N2O4. The predicted molar refractivity (Wildman–Crippen MR) is 95.6 cm³/mol. The molecule has 0 saturated carbocycles. The van der Waals surface area contributed by atoms with Crippen molar-refractivity contribution < 1.29 is 19.4 Å². The molecule has 3 rings (SSSR count). The molecule has 2 aromatic rings. The molecule has 2 atom stereocenters. The van der Waals surface area contributed by atoms with E-state index in [1.807, 2.05) is 38.2 Å². The van der Waals surface area contributed by atoms with Crippen LogP contribution in [0.25, 0.3) is 10.9 Å². The highest BCUT2D eigenvalue weighted by molar-refractivity contribution is 6.06. The second kappa shape index (κ2) is 6.78. The molecule has 1 aliphatic rings. The lowest BCUT2D eigenvalue weighted by Gasteiger charge is -2.23. The summed E-state index contributed by atoms with van der Waals surface area (Å²) in [5.74, 6) is -0.920. The zero-order valence-electron chi connectivity index (χ0n) is 15.2. The molecule has 1 aromatic heterocycles. The molecule has 1 amide bonds. The number of aromatic nitrogens is 1. The Kier molecular flexibility index (Phi) is 4.86. The predicted octanol–water partition coefficient (Wildman–Crippen LogP) is 2.46. The topological polar surface area (TPSA) is 72.7 Å². The van der Waals surface area contributed by atoms with Crippen LogP contribution in [0.2, 0.25) is 0 Å². The van der Waals surface area contributed by atoms with Crippen LogP contribution in [-0.2, 0) is 9.47 Å². The van der Waals surface area contributed by atoms with Gasteiger partial charge in [-0.1, -0.05) is 6.07 Å². The maximum absolute atomic E-state index is 12.8. The number of aliphatic hydroxyl groups is 1. The molecule has 136 valence electrons. The van der Waals surface area contributed by atoms with E-state index >= 15 is 0 Å². The van der Waals surface area contributed by atoms with Gasteiger partial charge in [0.1, 0.15) is 6.10 Å². The second-order valence-corrected chi connectivity index (χ2v) is 7.18. The van der Waals surface area contributed by atoms with Gasteiger partial charge in [-0.3, -0.25) is 4.79 Å². The average Bonchev–Trinajstić information content (AvgIpc) is 3.15. The minimum Gasteiger partial charge on any atom is -0.394 e. The standard InChI is InChI=1S/C19H26N2O4/c1-12(2)21-9-8-13-14(6-5-7-16(13)21)18(23)20-15(10-22)17-11-24-19(3,4)25-17/h5-9,12,15,17,22H,10-11H2,1-4H3,(H,20,23)/t15-,17-/m0/s1. The molecule has 0 bridgehead atoms. The lowest BCUT2D eigenvalue weighted by atomic mass is 10.1. The van der Waals surface area contributed by atoms with Crippen LogP contribution in [0.5, 0.6) is 0 Å². The summed E-state index contributed by atoms with van der Waals surface area (Å²) < 4.78 is 13.4. The number of ether oxygens (including phenoxy) is 2. The first kappa shape index (κ1) is 17.9. The van der Waals surface area contributed by atoms with Gasteiger partial charge in [-0.2, -0.15) is 0 Å². The van der Waals surface area contributed by atoms with E-state index in [0.717, 1.165) is 10.9 Å². The quantitative estimate of drug-likeness (QED) is 0.872. The number of hydrogen-bond acceptors (Lipinski definition) is 4. The van der Waals surface area contributed by atoms with Crippen molar-refractivity contribution in [2.45, 2.75) is 51.7 Å². The smallest absolute Gasteiger partial charge is 0.252 e. The molecule has 2 N–H and O–H groups in total. The zero-order chi connectivity index (χ0) is 18.2. The zero-order valence-corrected chi connectivity index (χ0v) is 15.2. The van der Waals surface area contributed by atoms with E-state index in [9.17, 15) is 9.90 Å². The number of carbonyl (C=O) groups is 1. The molecule has 0 aliphatic carbocycles. The summed E-state index contributed by atoms with van der Waals surface area (Å²) in [7, 11) is 0. The van der Waals surface area contributed by atoms with Gasteiger partial charge in [-0.15, -0.1) is 0 Å². The number of amides is 1. The number of benzene rings is 1. The lowest BCUT2D eigenvalue weighted by Crippen LogP contribution is -2.47. The number of carbonyl (C=O) groups excluding carboxylic acids is 1. The maximum atomic E-state index is 12.8. The Bertz CT molecular complexity index is 766. The fraction of sp³-hybridized carbons (Fsp3) is 0.526. The summed E-state index contributed by atoms with van der Waals surface area (Å²) in [4.78, 5) is 12.8. The Labute approximate surface area is 147 Å². The summed E-state index contributed by atoms with van der Waals surface area (Å²) in [5, 5.41) is 13.5. The molecule has 1 saturated heterocycles. The van der Waals surface area contributed by atoms with E-state index < -0.39 is 11.8 Å². The van der Waals surface area contributed by atoms with Crippen molar-refractivity contribution in [3.63, 3.8) is 0 Å². The molecule has 0 radical (unpaired) electrons. The van der Waals surface area contributed by atoms with E-state index in [1.165, 1.54) is 0 Å². The van der Waals surface area contributed by atoms with Crippen LogP contribution in [0.4, 0.5) is 0 Å². The van der Waals surface area contributed by atoms with Gasteiger partial charge in [0.25, 0.3) is 5.91 Å². The third kappa shape index (κ3) is 3.56. The van der Waals surface area contributed by atoms with Crippen LogP contribution in [0.3, 0.4) is 0 Å². The van der Waals surface area contributed by atoms with Gasteiger partial charge < -0.3 is 24.5 Å². The van der Waals surface area contributed by atoms with Crippen molar-refractivity contribution in [1.82, 2.24) is 9.88 Å². The van der Waals surface area contributed by atoms with Gasteiger partial charge >= 0.3 is 0 Å². The monoisotopic (exact) mass is 346 g/mol. The number of nitrogens with one attached hydrogen (secondary N) is 1. The molecule has 1 fully saturated rings. The van der Waals surface area contributed by atoms with Crippen LogP contribution in [0.1, 0.15) is 44.1 Å². The van der Waals surface area contributed by atoms with Gasteiger partial charge in [0.2, 0.25) is 0 Å². The Hall–Kier alpha value is -1.89. The van der Waals surface area contributed by atoms with E-state index in [-0.39, 0.29) is 18.6 Å². The van der Waals surface area contributed by atoms with Gasteiger partial charge in [-0.05, 0) is 45.9 Å². The Morgan fingerprint density at radius 2 is 2.16 bits per heavy atom. The largest absolute Gasteiger partial charge is 0.394 e. The summed E-state index contributed by atoms with van der Waals surface area (Å²) in [5.41, 5.74) is 1.61. The fourth-order valence-corrected chi connectivity index (χ4v) is 3.25. The molecular weight excluding hydrogens is 320 g/mol. The highest BCUT2D eigenvalue weighted by Crippen LogP contribution is 2.26. The summed E-state index contributed by atoms with van der Waals surface area (Å²) >= 11 is 0. The van der Waals surface area contributed by atoms with Crippen LogP contribution in [0, 0.1) is 0 Å². The SMILES string of the molecule is CC(C)n1ccc2c(C(=O)N[C@@H](CO)[C@@H]3COC(C)(C)O3)cccc21. The van der Waals surface area contributed by atoms with Gasteiger partial charge in [0.05, 0.1) is 19.3 Å². The molecule has 1 aliphatic heterocycles. The molecule has 2 heterocycles. The average molecular weight is 346 g/mol. The highest BCUT2D eigenvalue weighted by atomic mass is 16.7. The third-order valence-electron chi connectivity index (χ3n) is 4.56. The van der Waals surface area contributed by atoms with Crippen molar-refractivity contribution in [1.29, 1.82) is 0 Å². The van der Waals surface area contributed by atoms with Crippen LogP contribution < -0.4 is 5.32 Å². The summed E-state index contributed by atoms with van der Waals surface area (Å²) in [6.45, 7) is 7.98. The van der Waals surface area contributed by atoms with Crippen molar-refractivity contribution in [2.75, 3.05) is 13.2 Å². The van der Waals surface area contributed by atoms with Gasteiger partial charge in [0, 0.05) is 28.7 Å². The van der Waals surface area contributed by atoms with Gasteiger partial charge in [0.15, 0.2) is 5.79 Å². The van der Waals surface area contributed by atoms with Crippen molar-refractivity contribution in [3.8, 4) is 0 Å². The number of hydrogen-bond donors (Lipinski definition) is 2. The molecule has 0 unspecified atom stereocenters. The number of nitrogens with zero attached hydrogens (tertiary/aromatic N) is 1. The number of aliphatic hydroxyl groups excluding tert-OH is 1. The number of rotatable bonds is 5. The minimum atomic E-state index is -0.697. The first-order valence-corrected chi connectivity index (χ1v) is 8.65. The van der Waals surface area contributed by atoms with Crippen LogP contribution in [0.15, 0.2) is 30.5 Å². The molecule has 6 heteroatoms. The minimum absolute atomic E-state index is 0.209. The molecule has 6 nitrogen and oxygen atoms in total. The summed E-state index contributed by atoms with van der Waals surface area (Å²) in [6.07, 6.45) is 1.62. The highest BCUT2D eigenvalue weighted by Gasteiger charge is 2.38. The van der Waals surface area contributed by atoms with Crippen LogP contribution >= 0.6 is 0 Å². The lowest BCUT2D eigenvalue weighted by molar-refractivity contribution is -0.142. The van der Waals surface area contributed by atoms with Crippen LogP contribution in [-0.4, -0.2) is 46.7 Å². The second-order valence-electron chi connectivity index (χ2n) is 7.18. The Balaban J connectivity index is 1.82. The van der Waals surface area contributed by atoms with E-state index in [1.54, 1.807) is 6.07 Å². The number of fused-ring (bicyclic) bond motifs is 1. The van der Waals surface area contributed by atoms with E-state index in [0.29, 0.717) is 18.2 Å². The normalized spacial score (nSPS) is 21.0. The Morgan fingerprint density at radius 3 is 2.76 bits per heavy atom. The third-order valence-corrected chi connectivity index (χ3v) is 4.56. The first-order valence-electron chi connectivity index (χ1n) is 8.65. The van der Waals surface area contributed by atoms with Crippen molar-refractivity contribution in [2.24, 2.45) is 0 Å².